The average Bonchev–Trinajstić information content (AvgIpc) is 2.14. The summed E-state index contributed by atoms with van der Waals surface area (Å²) in [5.41, 5.74) is 2.07. The Labute approximate surface area is 93.5 Å². The van der Waals surface area contributed by atoms with Crippen LogP contribution in [0.15, 0.2) is 24.3 Å². The molecule has 0 aliphatic heterocycles. The van der Waals surface area contributed by atoms with Gasteiger partial charge in [0.05, 0.1) is 0 Å². The van der Waals surface area contributed by atoms with Gasteiger partial charge in [0, 0.05) is 20.1 Å². The Morgan fingerprint density at radius 3 is 2.13 bits per heavy atom. The molecule has 0 radical (unpaired) electrons. The van der Waals surface area contributed by atoms with Gasteiger partial charge in [-0.05, 0) is 6.92 Å². The van der Waals surface area contributed by atoms with E-state index in [0.29, 0.717) is 6.42 Å². The highest BCUT2D eigenvalue weighted by atomic mass is 28.3. The molecule has 0 aliphatic rings. The molecule has 0 saturated heterocycles. The van der Waals surface area contributed by atoms with Crippen molar-refractivity contribution in [3.05, 3.63) is 35.4 Å². The molecule has 1 nitrogen and oxygen atoms in total. The van der Waals surface area contributed by atoms with Crippen molar-refractivity contribution in [1.82, 2.24) is 0 Å². The van der Waals surface area contributed by atoms with Crippen molar-refractivity contribution in [1.29, 1.82) is 0 Å². The average molecular weight is 220 g/mol. The number of carbonyl (C=O) groups is 1. The van der Waals surface area contributed by atoms with Crippen molar-refractivity contribution < 1.29 is 4.79 Å². The summed E-state index contributed by atoms with van der Waals surface area (Å²) >= 11 is 0. The Kier molecular flexibility index (Phi) is 3.86. The van der Waals surface area contributed by atoms with Crippen LogP contribution in [0.1, 0.15) is 22.3 Å². The minimum atomic E-state index is -1.08. The standard InChI is InChI=1S/C13H20OSi/c1-11-5-7-12(8-6-11)13(14)9-10-15(2,3)4/h5-8H,9-10H2,1-4H3. The van der Waals surface area contributed by atoms with E-state index in [-0.39, 0.29) is 5.78 Å². The zero-order valence-electron chi connectivity index (χ0n) is 10.1. The van der Waals surface area contributed by atoms with Crippen LogP contribution in [-0.2, 0) is 0 Å². The molecular formula is C13H20OSi. The molecular weight excluding hydrogens is 200 g/mol. The highest BCUT2D eigenvalue weighted by Crippen LogP contribution is 2.14. The molecule has 1 aromatic rings. The summed E-state index contributed by atoms with van der Waals surface area (Å²) in [6.45, 7) is 8.94. The van der Waals surface area contributed by atoms with Crippen LogP contribution in [0, 0.1) is 6.92 Å². The van der Waals surface area contributed by atoms with E-state index in [1.54, 1.807) is 0 Å². The van der Waals surface area contributed by atoms with Gasteiger partial charge in [-0.1, -0.05) is 55.5 Å². The van der Waals surface area contributed by atoms with Gasteiger partial charge in [-0.3, -0.25) is 4.79 Å². The van der Waals surface area contributed by atoms with E-state index in [1.165, 1.54) is 5.56 Å². The van der Waals surface area contributed by atoms with Crippen molar-refractivity contribution >= 4 is 13.9 Å². The van der Waals surface area contributed by atoms with Crippen molar-refractivity contribution in [2.24, 2.45) is 0 Å². The summed E-state index contributed by atoms with van der Waals surface area (Å²) in [4.78, 5) is 11.8. The van der Waals surface area contributed by atoms with E-state index >= 15 is 0 Å². The third-order valence-corrected chi connectivity index (χ3v) is 4.23. The Balaban J connectivity index is 2.58. The van der Waals surface area contributed by atoms with Crippen LogP contribution in [0.5, 0.6) is 0 Å². The number of aryl methyl sites for hydroxylation is 1. The first-order valence-electron chi connectivity index (χ1n) is 5.48. The summed E-state index contributed by atoms with van der Waals surface area (Å²) in [6, 6.07) is 8.95. The number of benzene rings is 1. The molecule has 0 saturated carbocycles. The zero-order valence-corrected chi connectivity index (χ0v) is 11.1. The van der Waals surface area contributed by atoms with E-state index in [4.69, 9.17) is 0 Å². The topological polar surface area (TPSA) is 17.1 Å². The Hall–Kier alpha value is -0.893. The molecule has 2 heteroatoms. The van der Waals surface area contributed by atoms with Crippen molar-refractivity contribution in [3.8, 4) is 0 Å². The van der Waals surface area contributed by atoms with Gasteiger partial charge >= 0.3 is 0 Å². The first-order valence-corrected chi connectivity index (χ1v) is 9.19. The molecule has 0 heterocycles. The SMILES string of the molecule is Cc1ccc(C(=O)CC[Si](C)(C)C)cc1. The van der Waals surface area contributed by atoms with Crippen LogP contribution in [0.2, 0.25) is 25.7 Å². The summed E-state index contributed by atoms with van der Waals surface area (Å²) in [7, 11) is -1.08. The largest absolute Gasteiger partial charge is 0.294 e. The van der Waals surface area contributed by atoms with Gasteiger partial charge in [0.2, 0.25) is 0 Å². The third kappa shape index (κ3) is 4.43. The molecule has 0 aromatic heterocycles. The van der Waals surface area contributed by atoms with Gasteiger partial charge in [0.25, 0.3) is 0 Å². The summed E-state index contributed by atoms with van der Waals surface area (Å²) in [6.07, 6.45) is 0.707. The Morgan fingerprint density at radius 1 is 1.13 bits per heavy atom. The van der Waals surface area contributed by atoms with E-state index in [2.05, 4.69) is 19.6 Å². The van der Waals surface area contributed by atoms with E-state index in [0.717, 1.165) is 11.6 Å². The fourth-order valence-corrected chi connectivity index (χ4v) is 2.35. The van der Waals surface area contributed by atoms with Gasteiger partial charge in [0.15, 0.2) is 5.78 Å². The van der Waals surface area contributed by atoms with Crippen molar-refractivity contribution in [3.63, 3.8) is 0 Å². The number of hydrogen-bond acceptors (Lipinski definition) is 1. The second-order valence-corrected chi connectivity index (χ2v) is 11.0. The van der Waals surface area contributed by atoms with Gasteiger partial charge < -0.3 is 0 Å². The van der Waals surface area contributed by atoms with Crippen LogP contribution in [0.25, 0.3) is 0 Å². The Bertz CT molecular complexity index is 333. The number of hydrogen-bond donors (Lipinski definition) is 0. The highest BCUT2D eigenvalue weighted by Gasteiger charge is 2.15. The monoisotopic (exact) mass is 220 g/mol. The zero-order chi connectivity index (χ0) is 11.5. The quantitative estimate of drug-likeness (QED) is 0.555. The lowest BCUT2D eigenvalue weighted by Crippen LogP contribution is -2.20. The fraction of sp³-hybridized carbons (Fsp3) is 0.462. The summed E-state index contributed by atoms with van der Waals surface area (Å²) in [5, 5.41) is 0. The number of Topliss-reactive ketones (excluding diaryl/α,β-unsaturated/α-hetero) is 1. The first-order chi connectivity index (χ1) is 6.88. The number of carbonyl (C=O) groups excluding carboxylic acids is 1. The molecule has 0 bridgehead atoms. The maximum atomic E-state index is 11.8. The summed E-state index contributed by atoms with van der Waals surface area (Å²) in [5.74, 6) is 0.289. The van der Waals surface area contributed by atoms with Gasteiger partial charge in [-0.25, -0.2) is 0 Å². The van der Waals surface area contributed by atoms with Crippen LogP contribution >= 0.6 is 0 Å². The first kappa shape index (κ1) is 12.2. The molecule has 0 aliphatic carbocycles. The lowest BCUT2D eigenvalue weighted by molar-refractivity contribution is 0.0987. The molecule has 1 aromatic carbocycles. The van der Waals surface area contributed by atoms with Gasteiger partial charge in [-0.2, -0.15) is 0 Å². The minimum absolute atomic E-state index is 0.289. The minimum Gasteiger partial charge on any atom is -0.294 e. The maximum Gasteiger partial charge on any atom is 0.162 e. The van der Waals surface area contributed by atoms with E-state index in [9.17, 15) is 4.79 Å². The molecule has 0 amide bonds. The molecule has 0 spiro atoms. The third-order valence-electron chi connectivity index (χ3n) is 2.48. The highest BCUT2D eigenvalue weighted by molar-refractivity contribution is 6.76. The van der Waals surface area contributed by atoms with Crippen LogP contribution in [-0.4, -0.2) is 13.9 Å². The van der Waals surface area contributed by atoms with Crippen LogP contribution in [0.4, 0.5) is 0 Å². The predicted octanol–water partition coefficient (Wildman–Crippen LogP) is 3.91. The second-order valence-electron chi connectivity index (χ2n) is 5.35. The summed E-state index contributed by atoms with van der Waals surface area (Å²) < 4.78 is 0. The fourth-order valence-electron chi connectivity index (χ4n) is 1.37. The van der Waals surface area contributed by atoms with Crippen LogP contribution < -0.4 is 0 Å². The molecule has 1 rings (SSSR count). The number of ketones is 1. The van der Waals surface area contributed by atoms with E-state index in [1.807, 2.05) is 31.2 Å². The van der Waals surface area contributed by atoms with Crippen molar-refractivity contribution in [2.45, 2.75) is 39.0 Å². The normalized spacial score (nSPS) is 11.5. The molecule has 82 valence electrons. The Morgan fingerprint density at radius 2 is 1.67 bits per heavy atom. The molecule has 0 atom stereocenters. The lowest BCUT2D eigenvalue weighted by Gasteiger charge is -2.14. The second kappa shape index (κ2) is 4.75. The molecule has 0 N–H and O–H groups in total. The van der Waals surface area contributed by atoms with E-state index < -0.39 is 8.07 Å². The smallest absolute Gasteiger partial charge is 0.162 e. The van der Waals surface area contributed by atoms with Gasteiger partial charge in [-0.15, -0.1) is 0 Å². The predicted molar refractivity (Wildman–Crippen MR) is 68.3 cm³/mol. The molecule has 0 fully saturated rings. The maximum absolute atomic E-state index is 11.8. The lowest BCUT2D eigenvalue weighted by atomic mass is 10.1. The number of rotatable bonds is 4. The van der Waals surface area contributed by atoms with Gasteiger partial charge in [0.1, 0.15) is 0 Å². The molecule has 0 unspecified atom stereocenters. The van der Waals surface area contributed by atoms with Crippen molar-refractivity contribution in [2.75, 3.05) is 0 Å². The van der Waals surface area contributed by atoms with Crippen LogP contribution in [0.3, 0.4) is 0 Å². The molecule has 15 heavy (non-hydrogen) atoms.